The molecule has 164 valence electrons. The highest BCUT2D eigenvalue weighted by molar-refractivity contribution is 5.73. The first-order valence-corrected chi connectivity index (χ1v) is 9.17. The lowest BCUT2D eigenvalue weighted by Gasteiger charge is -2.21. The summed E-state index contributed by atoms with van der Waals surface area (Å²) < 4.78 is 37.7. The zero-order valence-corrected chi connectivity index (χ0v) is 16.0. The van der Waals surface area contributed by atoms with Gasteiger partial charge in [-0.25, -0.2) is 24.7 Å². The molecular weight excluding hydrogens is 419 g/mol. The number of carboxylic acid groups (broad SMARTS) is 1. The van der Waals surface area contributed by atoms with Crippen molar-refractivity contribution in [3.05, 3.63) is 36.7 Å². The van der Waals surface area contributed by atoms with Gasteiger partial charge in [0.15, 0.2) is 0 Å². The summed E-state index contributed by atoms with van der Waals surface area (Å²) in [5, 5.41) is 19.2. The molecular formula is C18H18F3N7O3. The van der Waals surface area contributed by atoms with Crippen LogP contribution in [-0.2, 0) is 9.53 Å². The van der Waals surface area contributed by atoms with Crippen molar-refractivity contribution >= 4 is 17.6 Å². The third-order valence-corrected chi connectivity index (χ3v) is 4.87. The van der Waals surface area contributed by atoms with Gasteiger partial charge in [-0.3, -0.25) is 0 Å². The topological polar surface area (TPSA) is 137 Å². The van der Waals surface area contributed by atoms with E-state index in [9.17, 15) is 13.2 Å². The van der Waals surface area contributed by atoms with E-state index >= 15 is 0 Å². The van der Waals surface area contributed by atoms with E-state index < -0.39 is 12.1 Å². The van der Waals surface area contributed by atoms with Crippen LogP contribution in [0.2, 0.25) is 0 Å². The van der Waals surface area contributed by atoms with Crippen molar-refractivity contribution in [2.45, 2.75) is 12.3 Å². The fourth-order valence-electron chi connectivity index (χ4n) is 3.38. The molecule has 2 aliphatic rings. The second-order valence-electron chi connectivity index (χ2n) is 6.83. The second kappa shape index (κ2) is 9.52. The number of ether oxygens (including phenoxy) is 1. The van der Waals surface area contributed by atoms with Gasteiger partial charge in [0.25, 0.3) is 0 Å². The number of carboxylic acids is 1. The van der Waals surface area contributed by atoms with Crippen LogP contribution in [0.4, 0.5) is 24.8 Å². The van der Waals surface area contributed by atoms with E-state index in [4.69, 9.17) is 19.9 Å². The van der Waals surface area contributed by atoms with Gasteiger partial charge in [-0.15, -0.1) is 0 Å². The number of hydrogen-bond acceptors (Lipinski definition) is 9. The summed E-state index contributed by atoms with van der Waals surface area (Å²) in [6.45, 7) is 3.29. The number of halogens is 3. The number of fused-ring (bicyclic) bond motifs is 1. The lowest BCUT2D eigenvalue weighted by Crippen LogP contribution is -2.27. The van der Waals surface area contributed by atoms with E-state index in [0.717, 1.165) is 31.9 Å². The maximum atomic E-state index is 10.6. The molecule has 31 heavy (non-hydrogen) atoms. The van der Waals surface area contributed by atoms with Gasteiger partial charge in [0, 0.05) is 43.9 Å². The van der Waals surface area contributed by atoms with Crippen molar-refractivity contribution < 1.29 is 27.8 Å². The fourth-order valence-corrected chi connectivity index (χ4v) is 3.38. The molecule has 2 aliphatic heterocycles. The Kier molecular flexibility index (Phi) is 6.81. The molecule has 13 heteroatoms. The Hall–Kier alpha value is -3.53. The molecule has 0 unspecified atom stereocenters. The molecule has 10 nitrogen and oxygen atoms in total. The number of carbonyl (C=O) groups is 1. The number of nitriles is 1. The molecule has 2 fully saturated rings. The van der Waals surface area contributed by atoms with Crippen LogP contribution in [0.15, 0.2) is 30.9 Å². The molecule has 2 aromatic heterocycles. The van der Waals surface area contributed by atoms with Gasteiger partial charge in [-0.05, 0) is 6.07 Å². The summed E-state index contributed by atoms with van der Waals surface area (Å²) in [4.78, 5) is 27.6. The maximum absolute atomic E-state index is 10.6. The van der Waals surface area contributed by atoms with Crippen LogP contribution >= 0.6 is 0 Å². The Morgan fingerprint density at radius 3 is 2.48 bits per heavy atom. The molecule has 0 aliphatic carbocycles. The van der Waals surface area contributed by atoms with Crippen molar-refractivity contribution in [2.24, 2.45) is 11.8 Å². The average Bonchev–Trinajstić information content (AvgIpc) is 3.34. The van der Waals surface area contributed by atoms with E-state index in [0.29, 0.717) is 17.8 Å². The molecule has 2 saturated heterocycles. The number of alkyl halides is 3. The van der Waals surface area contributed by atoms with Crippen molar-refractivity contribution in [1.29, 1.82) is 5.26 Å². The summed E-state index contributed by atoms with van der Waals surface area (Å²) in [7, 11) is 0. The Balaban J connectivity index is 0.000000339. The Bertz CT molecular complexity index is 922. The van der Waals surface area contributed by atoms with E-state index in [1.54, 1.807) is 30.9 Å². The maximum Gasteiger partial charge on any atom is 0.490 e. The quantitative estimate of drug-likeness (QED) is 0.721. The highest BCUT2D eigenvalue weighted by Gasteiger charge is 2.44. The lowest BCUT2D eigenvalue weighted by molar-refractivity contribution is -0.192. The fraction of sp³-hybridized carbons (Fsp3) is 0.444. The van der Waals surface area contributed by atoms with Gasteiger partial charge in [-0.1, -0.05) is 0 Å². The number of nitrogens with one attached hydrogen (secondary N) is 1. The van der Waals surface area contributed by atoms with E-state index in [1.165, 1.54) is 0 Å². The minimum atomic E-state index is -5.08. The summed E-state index contributed by atoms with van der Waals surface area (Å²) in [5.74, 6) is -1.04. The number of aliphatic carboxylic acids is 1. The van der Waals surface area contributed by atoms with Gasteiger partial charge >= 0.3 is 12.1 Å². The first kappa shape index (κ1) is 22.2. The van der Waals surface area contributed by atoms with Crippen molar-refractivity contribution in [2.75, 3.05) is 36.5 Å². The van der Waals surface area contributed by atoms with Crippen LogP contribution < -0.4 is 10.2 Å². The summed E-state index contributed by atoms with van der Waals surface area (Å²) in [6, 6.07) is 3.74. The third kappa shape index (κ3) is 5.76. The SMILES string of the molecule is N#Cc1ncc(N2C[C@@H]3[C@@H](CNc4ncccn4)CO[C@@H]3C2)cn1.O=C(O)C(F)(F)F. The molecule has 0 bridgehead atoms. The zero-order valence-electron chi connectivity index (χ0n) is 16.0. The summed E-state index contributed by atoms with van der Waals surface area (Å²) in [5.41, 5.74) is 0.935. The van der Waals surface area contributed by atoms with Crippen LogP contribution in [0.3, 0.4) is 0 Å². The Morgan fingerprint density at radius 1 is 1.26 bits per heavy atom. The van der Waals surface area contributed by atoms with Gasteiger partial charge < -0.3 is 20.1 Å². The lowest BCUT2D eigenvalue weighted by atomic mass is 9.93. The number of nitrogens with zero attached hydrogens (tertiary/aromatic N) is 6. The molecule has 0 spiro atoms. The molecule has 0 saturated carbocycles. The molecule has 3 atom stereocenters. The van der Waals surface area contributed by atoms with Crippen LogP contribution in [0.25, 0.3) is 0 Å². The molecule has 0 radical (unpaired) electrons. The Labute approximate surface area is 174 Å². The van der Waals surface area contributed by atoms with Crippen molar-refractivity contribution in [3.8, 4) is 6.07 Å². The summed E-state index contributed by atoms with van der Waals surface area (Å²) in [6.07, 6.45) is 2.01. The first-order chi connectivity index (χ1) is 14.8. The predicted molar refractivity (Wildman–Crippen MR) is 99.9 cm³/mol. The zero-order chi connectivity index (χ0) is 22.4. The first-order valence-electron chi connectivity index (χ1n) is 9.17. The van der Waals surface area contributed by atoms with Crippen LogP contribution in [0, 0.1) is 23.2 Å². The third-order valence-electron chi connectivity index (χ3n) is 4.87. The monoisotopic (exact) mass is 437 g/mol. The largest absolute Gasteiger partial charge is 0.490 e. The van der Waals surface area contributed by atoms with Gasteiger partial charge in [0.05, 0.1) is 30.8 Å². The predicted octanol–water partition coefficient (Wildman–Crippen LogP) is 1.33. The van der Waals surface area contributed by atoms with Crippen molar-refractivity contribution in [3.63, 3.8) is 0 Å². The van der Waals surface area contributed by atoms with Crippen LogP contribution in [-0.4, -0.2) is 69.5 Å². The number of anilines is 2. The standard InChI is InChI=1S/C16H17N7O.C2HF3O2/c17-4-15-20-6-12(7-21-15)23-8-13-11(10-24-14(13)9-23)5-22-16-18-2-1-3-19-16;3-2(4,5)1(6)7/h1-3,6-7,11,13-14H,5,8-10H2,(H,18,19,22);(H,6,7)/t11-,13+,14+;/m0./s1. The minimum absolute atomic E-state index is 0.194. The van der Waals surface area contributed by atoms with E-state index in [-0.39, 0.29) is 11.9 Å². The normalized spacial score (nSPS) is 22.1. The molecule has 4 rings (SSSR count). The number of aromatic nitrogens is 4. The molecule has 2 aromatic rings. The Morgan fingerprint density at radius 2 is 1.90 bits per heavy atom. The van der Waals surface area contributed by atoms with Gasteiger partial charge in [0.2, 0.25) is 11.8 Å². The van der Waals surface area contributed by atoms with Gasteiger partial charge in [-0.2, -0.15) is 18.4 Å². The highest BCUT2D eigenvalue weighted by Crippen LogP contribution is 2.35. The van der Waals surface area contributed by atoms with Gasteiger partial charge in [0.1, 0.15) is 6.07 Å². The van der Waals surface area contributed by atoms with E-state index in [1.807, 2.05) is 6.07 Å². The molecule has 0 aromatic carbocycles. The minimum Gasteiger partial charge on any atom is -0.475 e. The van der Waals surface area contributed by atoms with Crippen LogP contribution in [0.5, 0.6) is 0 Å². The second-order valence-corrected chi connectivity index (χ2v) is 6.83. The van der Waals surface area contributed by atoms with Crippen LogP contribution in [0.1, 0.15) is 5.82 Å². The van der Waals surface area contributed by atoms with E-state index in [2.05, 4.69) is 30.2 Å². The smallest absolute Gasteiger partial charge is 0.475 e. The number of rotatable bonds is 4. The van der Waals surface area contributed by atoms with Crippen molar-refractivity contribution in [1.82, 2.24) is 19.9 Å². The summed E-state index contributed by atoms with van der Waals surface area (Å²) >= 11 is 0. The molecule has 0 amide bonds. The number of hydrogen-bond donors (Lipinski definition) is 2. The molecule has 2 N–H and O–H groups in total. The highest BCUT2D eigenvalue weighted by atomic mass is 19.4. The average molecular weight is 437 g/mol. The molecule has 4 heterocycles.